The van der Waals surface area contributed by atoms with Gasteiger partial charge >= 0.3 is 11.9 Å². The fourth-order valence-electron chi connectivity index (χ4n) is 3.02. The molecule has 0 saturated carbocycles. The van der Waals surface area contributed by atoms with E-state index in [1.165, 1.54) is 19.9 Å². The number of aryl methyl sites for hydroxylation is 1. The van der Waals surface area contributed by atoms with Crippen molar-refractivity contribution in [2.24, 2.45) is 5.92 Å². The number of esters is 2. The van der Waals surface area contributed by atoms with E-state index in [2.05, 4.69) is 0 Å². The number of hydrogen-bond acceptors (Lipinski definition) is 6. The van der Waals surface area contributed by atoms with Crippen LogP contribution in [-0.4, -0.2) is 17.7 Å². The van der Waals surface area contributed by atoms with Gasteiger partial charge in [0.25, 0.3) is 5.43 Å². The van der Waals surface area contributed by atoms with E-state index in [4.69, 9.17) is 9.47 Å². The van der Waals surface area contributed by atoms with Gasteiger partial charge in [0.1, 0.15) is 5.78 Å². The molecule has 0 radical (unpaired) electrons. The molecule has 0 aromatic heterocycles. The summed E-state index contributed by atoms with van der Waals surface area (Å²) in [6, 6.07) is 1.47. The Bertz CT molecular complexity index is 778. The number of ketones is 1. The highest BCUT2D eigenvalue weighted by atomic mass is 16.5. The summed E-state index contributed by atoms with van der Waals surface area (Å²) in [6.45, 7) is 5.73. The zero-order valence-electron chi connectivity index (χ0n) is 14.2. The number of fused-ring (bicyclic) bond motifs is 1. The lowest BCUT2D eigenvalue weighted by atomic mass is 9.81. The molecule has 0 aliphatic heterocycles. The molecule has 0 unspecified atom stereocenters. The van der Waals surface area contributed by atoms with Crippen molar-refractivity contribution in [2.45, 2.75) is 47.0 Å². The van der Waals surface area contributed by atoms with Crippen LogP contribution in [-0.2, 0) is 27.2 Å². The Morgan fingerprint density at radius 1 is 1.04 bits per heavy atom. The van der Waals surface area contributed by atoms with Crippen LogP contribution in [0.2, 0.25) is 0 Å². The van der Waals surface area contributed by atoms with Crippen LogP contribution in [0.15, 0.2) is 10.9 Å². The van der Waals surface area contributed by atoms with Gasteiger partial charge < -0.3 is 9.47 Å². The molecule has 1 atom stereocenters. The van der Waals surface area contributed by atoms with Crippen molar-refractivity contribution in [3.8, 4) is 11.5 Å². The molecule has 0 heterocycles. The first-order valence-corrected chi connectivity index (χ1v) is 7.77. The van der Waals surface area contributed by atoms with Crippen LogP contribution < -0.4 is 14.9 Å². The van der Waals surface area contributed by atoms with E-state index in [9.17, 15) is 19.2 Å². The third-order valence-electron chi connectivity index (χ3n) is 4.16. The monoisotopic (exact) mass is 332 g/mol. The van der Waals surface area contributed by atoms with Gasteiger partial charge in [0.05, 0.1) is 0 Å². The average Bonchev–Trinajstić information content (AvgIpc) is 2.57. The highest BCUT2D eigenvalue weighted by Crippen LogP contribution is 2.33. The molecular weight excluding hydrogens is 312 g/mol. The van der Waals surface area contributed by atoms with E-state index in [0.717, 1.165) is 11.1 Å². The zero-order valence-corrected chi connectivity index (χ0v) is 14.2. The number of hydrogen-bond donors (Lipinski definition) is 0. The summed E-state index contributed by atoms with van der Waals surface area (Å²) >= 11 is 0. The number of carbonyl (C=O) groups is 3. The molecule has 128 valence electrons. The molecule has 0 N–H and O–H groups in total. The highest BCUT2D eigenvalue weighted by molar-refractivity contribution is 5.79. The van der Waals surface area contributed by atoms with Gasteiger partial charge in [-0.05, 0) is 50.3 Å². The SMILES string of the molecule is CC(=O)Oc1cc(C)c2c(c(OC(C)=O)c1=O)CC[C@H](C(C)=O)C2. The van der Waals surface area contributed by atoms with Gasteiger partial charge in [-0.2, -0.15) is 0 Å². The zero-order chi connectivity index (χ0) is 18.0. The second-order valence-electron chi connectivity index (χ2n) is 6.04. The standard InChI is InChI=1S/C18H20O6/c1-9-7-16(23-11(3)20)17(22)18(24-12(4)21)14-6-5-13(10(2)19)8-15(9)14/h7,13H,5-6,8H2,1-4H3/t13-/m0/s1. The van der Waals surface area contributed by atoms with Gasteiger partial charge in [0.2, 0.25) is 0 Å². The minimum absolute atomic E-state index is 0.0862. The second-order valence-corrected chi connectivity index (χ2v) is 6.04. The molecule has 0 spiro atoms. The summed E-state index contributed by atoms with van der Waals surface area (Å²) < 4.78 is 10.1. The van der Waals surface area contributed by atoms with Crippen LogP contribution in [0.25, 0.3) is 0 Å². The van der Waals surface area contributed by atoms with E-state index in [1.807, 2.05) is 0 Å². The van der Waals surface area contributed by atoms with E-state index in [1.54, 1.807) is 13.8 Å². The Morgan fingerprint density at radius 3 is 2.21 bits per heavy atom. The average molecular weight is 332 g/mol. The minimum atomic E-state index is -0.633. The largest absolute Gasteiger partial charge is 0.422 e. The summed E-state index contributed by atoms with van der Waals surface area (Å²) in [5.41, 5.74) is 1.51. The van der Waals surface area contributed by atoms with Crippen molar-refractivity contribution in [3.05, 3.63) is 33.0 Å². The fourth-order valence-corrected chi connectivity index (χ4v) is 3.02. The second kappa shape index (κ2) is 6.95. The third kappa shape index (κ3) is 3.69. The van der Waals surface area contributed by atoms with Gasteiger partial charge in [-0.25, -0.2) is 0 Å². The van der Waals surface area contributed by atoms with E-state index >= 15 is 0 Å². The van der Waals surface area contributed by atoms with E-state index in [0.29, 0.717) is 24.8 Å². The van der Waals surface area contributed by atoms with Gasteiger partial charge in [-0.1, -0.05) is 0 Å². The van der Waals surface area contributed by atoms with E-state index < -0.39 is 17.4 Å². The fraction of sp³-hybridized carbons (Fsp3) is 0.444. The lowest BCUT2D eigenvalue weighted by Gasteiger charge is -2.23. The van der Waals surface area contributed by atoms with Crippen LogP contribution in [0.5, 0.6) is 11.5 Å². The third-order valence-corrected chi connectivity index (χ3v) is 4.16. The van der Waals surface area contributed by atoms with Gasteiger partial charge in [-0.3, -0.25) is 19.2 Å². The normalized spacial score (nSPS) is 16.1. The molecule has 0 fully saturated rings. The van der Waals surface area contributed by atoms with Crippen LogP contribution in [0.1, 0.15) is 43.9 Å². The van der Waals surface area contributed by atoms with Crippen molar-refractivity contribution in [1.82, 2.24) is 0 Å². The quantitative estimate of drug-likeness (QED) is 0.786. The number of Topliss-reactive ketones (excluding diaryl/α,β-unsaturated/α-hetero) is 1. The van der Waals surface area contributed by atoms with Gasteiger partial charge in [0.15, 0.2) is 11.5 Å². The van der Waals surface area contributed by atoms with Crippen molar-refractivity contribution in [1.29, 1.82) is 0 Å². The Balaban J connectivity index is 2.73. The predicted octanol–water partition coefficient (Wildman–Crippen LogP) is 1.90. The number of ether oxygens (including phenoxy) is 2. The predicted molar refractivity (Wildman–Crippen MR) is 86.3 cm³/mol. The Hall–Kier alpha value is -2.50. The minimum Gasteiger partial charge on any atom is -0.422 e. The van der Waals surface area contributed by atoms with Crippen LogP contribution in [0, 0.1) is 12.8 Å². The summed E-state index contributed by atoms with van der Waals surface area (Å²) in [5.74, 6) is -1.58. The summed E-state index contributed by atoms with van der Waals surface area (Å²) in [5, 5.41) is 0. The first kappa shape index (κ1) is 17.8. The molecule has 24 heavy (non-hydrogen) atoms. The van der Waals surface area contributed by atoms with Gasteiger partial charge in [0, 0.05) is 25.3 Å². The molecule has 6 heteroatoms. The number of rotatable bonds is 3. The van der Waals surface area contributed by atoms with Gasteiger partial charge in [-0.15, -0.1) is 0 Å². The van der Waals surface area contributed by atoms with Crippen LogP contribution >= 0.6 is 0 Å². The maximum atomic E-state index is 12.7. The maximum absolute atomic E-state index is 12.7. The first-order valence-electron chi connectivity index (χ1n) is 7.77. The molecule has 2 rings (SSSR count). The van der Waals surface area contributed by atoms with Crippen LogP contribution in [0.4, 0.5) is 0 Å². The molecule has 0 saturated heterocycles. The molecule has 0 bridgehead atoms. The molecule has 1 aromatic rings. The Kier molecular flexibility index (Phi) is 5.17. The smallest absolute Gasteiger partial charge is 0.308 e. The summed E-state index contributed by atoms with van der Waals surface area (Å²) in [7, 11) is 0. The van der Waals surface area contributed by atoms with Crippen molar-refractivity contribution in [3.63, 3.8) is 0 Å². The Labute approximate surface area is 139 Å². The highest BCUT2D eigenvalue weighted by Gasteiger charge is 2.28. The topological polar surface area (TPSA) is 86.7 Å². The first-order chi connectivity index (χ1) is 11.2. The molecule has 6 nitrogen and oxygen atoms in total. The summed E-state index contributed by atoms with van der Waals surface area (Å²) in [4.78, 5) is 47.1. The van der Waals surface area contributed by atoms with Crippen molar-refractivity contribution < 1.29 is 23.9 Å². The number of carbonyl (C=O) groups excluding carboxylic acids is 3. The van der Waals surface area contributed by atoms with Crippen molar-refractivity contribution in [2.75, 3.05) is 0 Å². The molecule has 1 aliphatic rings. The molecule has 1 aromatic carbocycles. The summed E-state index contributed by atoms with van der Waals surface area (Å²) in [6.07, 6.45) is 1.51. The Morgan fingerprint density at radius 2 is 1.67 bits per heavy atom. The maximum Gasteiger partial charge on any atom is 0.308 e. The molecule has 1 aliphatic carbocycles. The molecular formula is C18H20O6. The van der Waals surface area contributed by atoms with Crippen molar-refractivity contribution >= 4 is 17.7 Å². The lowest BCUT2D eigenvalue weighted by Crippen LogP contribution is -2.23. The van der Waals surface area contributed by atoms with Crippen LogP contribution in [0.3, 0.4) is 0 Å². The van der Waals surface area contributed by atoms with E-state index in [-0.39, 0.29) is 23.2 Å². The lowest BCUT2D eigenvalue weighted by molar-refractivity contribution is -0.132. The molecule has 0 amide bonds.